The Kier molecular flexibility index (Phi) is 9.68. The van der Waals surface area contributed by atoms with E-state index in [2.05, 4.69) is 34.4 Å². The molecule has 0 atom stereocenters. The maximum Gasteiger partial charge on any atom is 0.195 e. The maximum atomic E-state index is 5.61. The number of hydrogen-bond acceptors (Lipinski definition) is 4. The van der Waals surface area contributed by atoms with E-state index < -0.39 is 0 Å². The number of methoxy groups -OCH3 is 1. The summed E-state index contributed by atoms with van der Waals surface area (Å²) in [5.74, 6) is 2.19. The molecule has 0 bridgehead atoms. The van der Waals surface area contributed by atoms with Crippen molar-refractivity contribution in [1.82, 2.24) is 10.2 Å². The van der Waals surface area contributed by atoms with Crippen LogP contribution in [-0.4, -0.2) is 57.8 Å². The molecule has 0 unspecified atom stereocenters. The van der Waals surface area contributed by atoms with Gasteiger partial charge in [0.2, 0.25) is 0 Å². The number of likely N-dealkylation sites (N-methyl/N-ethyl adjacent to an activating group) is 1. The lowest BCUT2D eigenvalue weighted by Gasteiger charge is -2.20. The van der Waals surface area contributed by atoms with Crippen LogP contribution in [0.25, 0.3) is 0 Å². The Hall–Kier alpha value is -1.95. The molecule has 6 nitrogen and oxygen atoms in total. The highest BCUT2D eigenvalue weighted by Gasteiger charge is 2.07. The molecule has 1 aromatic rings. The summed E-state index contributed by atoms with van der Waals surface area (Å²) in [6.07, 6.45) is 1.17. The molecule has 6 heteroatoms. The van der Waals surface area contributed by atoms with Crippen LogP contribution in [0.5, 0.6) is 11.5 Å². The number of rotatable bonds is 10. The highest BCUT2D eigenvalue weighted by atomic mass is 16.5. The standard InChI is InChI=1S/C18H32N4O2/c1-6-12-22(7-2)13-11-20-18(19-4)21-15-9-10-16(23-5)17(14-15)24-8-3/h9-10,14H,6-8,11-13H2,1-5H3,(H2,19,20,21). The fourth-order valence-electron chi connectivity index (χ4n) is 2.42. The summed E-state index contributed by atoms with van der Waals surface area (Å²) in [5.41, 5.74) is 0.910. The summed E-state index contributed by atoms with van der Waals surface area (Å²) in [5, 5.41) is 6.63. The third-order valence-corrected chi connectivity index (χ3v) is 3.66. The number of benzene rings is 1. The average molecular weight is 336 g/mol. The maximum absolute atomic E-state index is 5.61. The number of aliphatic imine (C=N–C) groups is 1. The van der Waals surface area contributed by atoms with Crippen molar-refractivity contribution in [3.63, 3.8) is 0 Å². The van der Waals surface area contributed by atoms with Crippen molar-refractivity contribution in [3.05, 3.63) is 18.2 Å². The summed E-state index contributed by atoms with van der Waals surface area (Å²) in [4.78, 5) is 6.69. The van der Waals surface area contributed by atoms with E-state index in [4.69, 9.17) is 9.47 Å². The topological polar surface area (TPSA) is 58.1 Å². The van der Waals surface area contributed by atoms with Gasteiger partial charge in [0.25, 0.3) is 0 Å². The molecule has 0 amide bonds. The molecule has 0 aromatic heterocycles. The van der Waals surface area contributed by atoms with Crippen LogP contribution in [-0.2, 0) is 0 Å². The molecule has 0 aliphatic carbocycles. The fraction of sp³-hybridized carbons (Fsp3) is 0.611. The second kappa shape index (κ2) is 11.6. The number of ether oxygens (including phenoxy) is 2. The lowest BCUT2D eigenvalue weighted by Crippen LogP contribution is -2.38. The van der Waals surface area contributed by atoms with Gasteiger partial charge < -0.3 is 25.0 Å². The summed E-state index contributed by atoms with van der Waals surface area (Å²) in [7, 11) is 3.41. The van der Waals surface area contributed by atoms with Crippen molar-refractivity contribution >= 4 is 11.6 Å². The zero-order valence-corrected chi connectivity index (χ0v) is 15.7. The van der Waals surface area contributed by atoms with Gasteiger partial charge in [-0.25, -0.2) is 0 Å². The Bertz CT molecular complexity index is 506. The van der Waals surface area contributed by atoms with Crippen LogP contribution in [0.1, 0.15) is 27.2 Å². The molecule has 1 aromatic carbocycles. The van der Waals surface area contributed by atoms with Crippen molar-refractivity contribution in [2.75, 3.05) is 52.3 Å². The zero-order chi connectivity index (χ0) is 17.8. The normalized spacial score (nSPS) is 11.5. The molecular weight excluding hydrogens is 304 g/mol. The minimum atomic E-state index is 0.594. The molecule has 24 heavy (non-hydrogen) atoms. The fourth-order valence-corrected chi connectivity index (χ4v) is 2.42. The minimum absolute atomic E-state index is 0.594. The van der Waals surface area contributed by atoms with Gasteiger partial charge in [0.15, 0.2) is 17.5 Å². The number of guanidine groups is 1. The van der Waals surface area contributed by atoms with Gasteiger partial charge in [0.05, 0.1) is 13.7 Å². The predicted molar refractivity (Wildman–Crippen MR) is 102 cm³/mol. The number of anilines is 1. The highest BCUT2D eigenvalue weighted by molar-refractivity contribution is 5.93. The van der Waals surface area contributed by atoms with Crippen molar-refractivity contribution in [1.29, 1.82) is 0 Å². The minimum Gasteiger partial charge on any atom is -0.493 e. The van der Waals surface area contributed by atoms with Crippen LogP contribution >= 0.6 is 0 Å². The van der Waals surface area contributed by atoms with Gasteiger partial charge in [-0.15, -0.1) is 0 Å². The molecule has 0 spiro atoms. The molecular formula is C18H32N4O2. The van der Waals surface area contributed by atoms with E-state index in [1.54, 1.807) is 14.2 Å². The predicted octanol–water partition coefficient (Wildman–Crippen LogP) is 2.81. The highest BCUT2D eigenvalue weighted by Crippen LogP contribution is 2.30. The van der Waals surface area contributed by atoms with E-state index in [1.807, 2.05) is 25.1 Å². The Labute approximate surface area is 146 Å². The quantitative estimate of drug-likeness (QED) is 0.508. The van der Waals surface area contributed by atoms with Crippen molar-refractivity contribution in [2.45, 2.75) is 27.2 Å². The summed E-state index contributed by atoms with van der Waals surface area (Å²) >= 11 is 0. The monoisotopic (exact) mass is 336 g/mol. The van der Waals surface area contributed by atoms with Crippen LogP contribution in [0.2, 0.25) is 0 Å². The summed E-state index contributed by atoms with van der Waals surface area (Å²) in [6.45, 7) is 11.0. The van der Waals surface area contributed by atoms with Crippen molar-refractivity contribution in [2.24, 2.45) is 4.99 Å². The van der Waals surface area contributed by atoms with Crippen LogP contribution in [0.3, 0.4) is 0 Å². The summed E-state index contributed by atoms with van der Waals surface area (Å²) < 4.78 is 10.9. The Morgan fingerprint density at radius 1 is 1.17 bits per heavy atom. The molecule has 1 rings (SSSR count). The molecule has 0 saturated heterocycles. The lowest BCUT2D eigenvalue weighted by atomic mass is 10.2. The Balaban J connectivity index is 2.60. The average Bonchev–Trinajstić information content (AvgIpc) is 2.60. The number of hydrogen-bond donors (Lipinski definition) is 2. The van der Waals surface area contributed by atoms with Crippen LogP contribution in [0.15, 0.2) is 23.2 Å². The van der Waals surface area contributed by atoms with Gasteiger partial charge in [-0.3, -0.25) is 4.99 Å². The van der Waals surface area contributed by atoms with Gasteiger partial charge in [-0.1, -0.05) is 13.8 Å². The zero-order valence-electron chi connectivity index (χ0n) is 15.7. The molecule has 0 aliphatic rings. The molecule has 0 aliphatic heterocycles. The first-order valence-electron chi connectivity index (χ1n) is 8.69. The Morgan fingerprint density at radius 2 is 1.96 bits per heavy atom. The van der Waals surface area contributed by atoms with E-state index >= 15 is 0 Å². The first-order valence-corrected chi connectivity index (χ1v) is 8.69. The van der Waals surface area contributed by atoms with Gasteiger partial charge in [0, 0.05) is 31.9 Å². The summed E-state index contributed by atoms with van der Waals surface area (Å²) in [6, 6.07) is 5.76. The number of nitrogens with zero attached hydrogens (tertiary/aromatic N) is 2. The molecule has 136 valence electrons. The van der Waals surface area contributed by atoms with Gasteiger partial charge in [0.1, 0.15) is 0 Å². The second-order valence-electron chi connectivity index (χ2n) is 5.36. The van der Waals surface area contributed by atoms with Crippen LogP contribution in [0.4, 0.5) is 5.69 Å². The molecule has 0 fully saturated rings. The third kappa shape index (κ3) is 6.66. The van der Waals surface area contributed by atoms with Crippen molar-refractivity contribution in [3.8, 4) is 11.5 Å². The number of nitrogens with one attached hydrogen (secondary N) is 2. The van der Waals surface area contributed by atoms with Gasteiger partial charge >= 0.3 is 0 Å². The Morgan fingerprint density at radius 3 is 2.54 bits per heavy atom. The third-order valence-electron chi connectivity index (χ3n) is 3.66. The smallest absolute Gasteiger partial charge is 0.195 e. The first-order chi connectivity index (χ1) is 11.7. The molecule has 0 heterocycles. The second-order valence-corrected chi connectivity index (χ2v) is 5.36. The lowest BCUT2D eigenvalue weighted by molar-refractivity contribution is 0.293. The van der Waals surface area contributed by atoms with Crippen molar-refractivity contribution < 1.29 is 9.47 Å². The first kappa shape index (κ1) is 20.1. The molecule has 0 radical (unpaired) electrons. The van der Waals surface area contributed by atoms with Gasteiger partial charge in [-0.2, -0.15) is 0 Å². The van der Waals surface area contributed by atoms with E-state index in [-0.39, 0.29) is 0 Å². The van der Waals surface area contributed by atoms with Crippen LogP contribution < -0.4 is 20.1 Å². The molecule has 2 N–H and O–H groups in total. The van der Waals surface area contributed by atoms with E-state index in [0.717, 1.165) is 49.3 Å². The van der Waals surface area contributed by atoms with E-state index in [9.17, 15) is 0 Å². The SMILES string of the molecule is CCCN(CC)CCNC(=NC)Nc1ccc(OC)c(OCC)c1. The van der Waals surface area contributed by atoms with Gasteiger partial charge in [-0.05, 0) is 38.6 Å². The largest absolute Gasteiger partial charge is 0.493 e. The van der Waals surface area contributed by atoms with Crippen LogP contribution in [0, 0.1) is 0 Å². The molecule has 0 saturated carbocycles. The van der Waals surface area contributed by atoms with E-state index in [0.29, 0.717) is 6.61 Å². The van der Waals surface area contributed by atoms with E-state index in [1.165, 1.54) is 6.42 Å².